The van der Waals surface area contributed by atoms with Gasteiger partial charge in [0.2, 0.25) is 0 Å². The summed E-state index contributed by atoms with van der Waals surface area (Å²) >= 11 is 0. The Morgan fingerprint density at radius 2 is 1.63 bits per heavy atom. The van der Waals surface area contributed by atoms with Gasteiger partial charge in [0, 0.05) is 45.3 Å². The molecule has 168 valence electrons. The Kier molecular flexibility index (Phi) is 9.43. The number of nitrogens with zero attached hydrogens (tertiary/aromatic N) is 4. The summed E-state index contributed by atoms with van der Waals surface area (Å²) in [5, 5.41) is 7.09. The molecule has 2 N–H and O–H groups in total. The second kappa shape index (κ2) is 12.3. The molecule has 2 fully saturated rings. The smallest absolute Gasteiger partial charge is 0.191 e. The van der Waals surface area contributed by atoms with Crippen LogP contribution in [0.25, 0.3) is 0 Å². The molecule has 0 spiro atoms. The number of hydrogen-bond acceptors (Lipinski definition) is 4. The number of likely N-dealkylation sites (N-methyl/N-ethyl adjacent to an activating group) is 1. The minimum atomic E-state index is 0.400. The lowest BCUT2D eigenvalue weighted by molar-refractivity contribution is 0.109. The lowest BCUT2D eigenvalue weighted by atomic mass is 10.1. The Hall–Kier alpha value is -1.63. The van der Waals surface area contributed by atoms with E-state index in [4.69, 9.17) is 4.99 Å². The Labute approximate surface area is 183 Å². The van der Waals surface area contributed by atoms with E-state index in [0.717, 1.165) is 45.2 Å². The number of nitrogens with one attached hydrogen (secondary N) is 2. The molecule has 2 aliphatic heterocycles. The van der Waals surface area contributed by atoms with Crippen molar-refractivity contribution < 1.29 is 0 Å². The number of hydrogen-bond donors (Lipinski definition) is 2. The third-order valence-corrected chi connectivity index (χ3v) is 6.56. The van der Waals surface area contributed by atoms with Crippen LogP contribution in [0.1, 0.15) is 45.2 Å². The standard InChI is InChI=1S/C24H42N6/c1-4-25-24(26-19-21(3)29-17-15-28(5-2)16-18-29)27-20-23(30-13-9-10-14-30)22-11-7-6-8-12-22/h6-8,11-12,21,23H,4-5,9-10,13-20H2,1-3H3,(H2,25,26,27). The molecule has 0 radical (unpaired) electrons. The van der Waals surface area contributed by atoms with Crippen LogP contribution in [0.2, 0.25) is 0 Å². The second-order valence-corrected chi connectivity index (χ2v) is 8.59. The number of benzene rings is 1. The first-order valence-electron chi connectivity index (χ1n) is 12.0. The zero-order valence-corrected chi connectivity index (χ0v) is 19.3. The van der Waals surface area contributed by atoms with Crippen molar-refractivity contribution in [2.24, 2.45) is 4.99 Å². The molecule has 2 atom stereocenters. The largest absolute Gasteiger partial charge is 0.357 e. The molecule has 0 bridgehead atoms. The van der Waals surface area contributed by atoms with Gasteiger partial charge in [0.25, 0.3) is 0 Å². The fraction of sp³-hybridized carbons (Fsp3) is 0.708. The maximum Gasteiger partial charge on any atom is 0.191 e. The first-order chi connectivity index (χ1) is 14.7. The summed E-state index contributed by atoms with van der Waals surface area (Å²) in [6, 6.07) is 11.8. The lowest BCUT2D eigenvalue weighted by Gasteiger charge is -2.37. The third-order valence-electron chi connectivity index (χ3n) is 6.56. The molecule has 0 saturated carbocycles. The Morgan fingerprint density at radius 1 is 0.933 bits per heavy atom. The van der Waals surface area contributed by atoms with E-state index < -0.39 is 0 Å². The van der Waals surface area contributed by atoms with Crippen LogP contribution in [0.15, 0.2) is 35.3 Å². The van der Waals surface area contributed by atoms with Gasteiger partial charge in [-0.25, -0.2) is 0 Å². The van der Waals surface area contributed by atoms with Gasteiger partial charge in [-0.3, -0.25) is 14.8 Å². The molecule has 3 rings (SSSR count). The molecule has 0 aromatic heterocycles. The first-order valence-corrected chi connectivity index (χ1v) is 12.0. The van der Waals surface area contributed by atoms with E-state index in [9.17, 15) is 0 Å². The molecular formula is C24H42N6. The molecule has 2 unspecified atom stereocenters. The van der Waals surface area contributed by atoms with Crippen molar-refractivity contribution in [3.8, 4) is 0 Å². The topological polar surface area (TPSA) is 46.1 Å². The van der Waals surface area contributed by atoms with Gasteiger partial charge in [0.05, 0.1) is 12.6 Å². The highest BCUT2D eigenvalue weighted by atomic mass is 15.3. The first kappa shape index (κ1) is 23.0. The zero-order chi connectivity index (χ0) is 21.2. The maximum absolute atomic E-state index is 4.94. The van der Waals surface area contributed by atoms with E-state index in [-0.39, 0.29) is 0 Å². The van der Waals surface area contributed by atoms with Crippen molar-refractivity contribution in [2.45, 2.75) is 45.7 Å². The number of piperazine rings is 1. The fourth-order valence-corrected chi connectivity index (χ4v) is 4.58. The summed E-state index contributed by atoms with van der Waals surface area (Å²) in [4.78, 5) is 12.7. The third kappa shape index (κ3) is 6.69. The van der Waals surface area contributed by atoms with Crippen molar-refractivity contribution >= 4 is 5.96 Å². The molecule has 1 aromatic carbocycles. The fourth-order valence-electron chi connectivity index (χ4n) is 4.58. The Bertz CT molecular complexity index is 620. The van der Waals surface area contributed by atoms with Crippen LogP contribution in [0.4, 0.5) is 0 Å². The quantitative estimate of drug-likeness (QED) is 0.480. The zero-order valence-electron chi connectivity index (χ0n) is 19.3. The van der Waals surface area contributed by atoms with E-state index in [2.05, 4.69) is 76.4 Å². The van der Waals surface area contributed by atoms with Gasteiger partial charge >= 0.3 is 0 Å². The summed E-state index contributed by atoms with van der Waals surface area (Å²) in [5.74, 6) is 0.941. The average molecular weight is 415 g/mol. The van der Waals surface area contributed by atoms with Crippen LogP contribution in [-0.4, -0.2) is 92.1 Å². The Balaban J connectivity index is 1.56. The van der Waals surface area contributed by atoms with E-state index in [1.807, 2.05) is 0 Å². The highest BCUT2D eigenvalue weighted by Crippen LogP contribution is 2.24. The number of likely N-dealkylation sites (tertiary alicyclic amines) is 1. The van der Waals surface area contributed by atoms with Gasteiger partial charge in [0.15, 0.2) is 5.96 Å². The summed E-state index contributed by atoms with van der Waals surface area (Å²) in [5.41, 5.74) is 1.39. The van der Waals surface area contributed by atoms with Crippen LogP contribution in [0.5, 0.6) is 0 Å². The number of rotatable bonds is 9. The SMILES string of the molecule is CCNC(=NCC(C)N1CCN(CC)CC1)NCC(c1ccccc1)N1CCCC1. The van der Waals surface area contributed by atoms with Gasteiger partial charge in [0.1, 0.15) is 0 Å². The van der Waals surface area contributed by atoms with Gasteiger partial charge in [-0.05, 0) is 51.9 Å². The molecule has 2 aliphatic rings. The van der Waals surface area contributed by atoms with E-state index in [1.165, 1.54) is 44.6 Å². The van der Waals surface area contributed by atoms with Gasteiger partial charge in [-0.1, -0.05) is 37.3 Å². The van der Waals surface area contributed by atoms with Crippen molar-refractivity contribution in [1.29, 1.82) is 0 Å². The minimum absolute atomic E-state index is 0.400. The van der Waals surface area contributed by atoms with Crippen LogP contribution < -0.4 is 10.6 Å². The van der Waals surface area contributed by atoms with Gasteiger partial charge < -0.3 is 15.5 Å². The van der Waals surface area contributed by atoms with Crippen LogP contribution in [0, 0.1) is 0 Å². The minimum Gasteiger partial charge on any atom is -0.357 e. The summed E-state index contributed by atoms with van der Waals surface area (Å²) < 4.78 is 0. The molecule has 30 heavy (non-hydrogen) atoms. The van der Waals surface area contributed by atoms with Crippen molar-refractivity contribution in [1.82, 2.24) is 25.3 Å². The monoisotopic (exact) mass is 414 g/mol. The summed E-state index contributed by atoms with van der Waals surface area (Å²) in [7, 11) is 0. The van der Waals surface area contributed by atoms with Crippen LogP contribution in [-0.2, 0) is 0 Å². The lowest BCUT2D eigenvalue weighted by Crippen LogP contribution is -2.50. The molecule has 0 amide bonds. The highest BCUT2D eigenvalue weighted by Gasteiger charge is 2.24. The van der Waals surface area contributed by atoms with Crippen molar-refractivity contribution in [3.05, 3.63) is 35.9 Å². The summed E-state index contributed by atoms with van der Waals surface area (Å²) in [6.07, 6.45) is 2.61. The molecule has 0 aliphatic carbocycles. The van der Waals surface area contributed by atoms with Gasteiger partial charge in [-0.15, -0.1) is 0 Å². The molecule has 2 saturated heterocycles. The Morgan fingerprint density at radius 3 is 2.27 bits per heavy atom. The van der Waals surface area contributed by atoms with Crippen molar-refractivity contribution in [2.75, 3.05) is 65.4 Å². The summed E-state index contributed by atoms with van der Waals surface area (Å²) in [6.45, 7) is 17.5. The molecule has 1 aromatic rings. The molecule has 6 nitrogen and oxygen atoms in total. The average Bonchev–Trinajstić information content (AvgIpc) is 3.32. The number of aliphatic imine (C=N–C) groups is 1. The van der Waals surface area contributed by atoms with Crippen LogP contribution >= 0.6 is 0 Å². The van der Waals surface area contributed by atoms with Gasteiger partial charge in [-0.2, -0.15) is 0 Å². The number of guanidine groups is 1. The highest BCUT2D eigenvalue weighted by molar-refractivity contribution is 5.79. The van der Waals surface area contributed by atoms with Crippen molar-refractivity contribution in [3.63, 3.8) is 0 Å². The van der Waals surface area contributed by atoms with E-state index in [0.29, 0.717) is 12.1 Å². The van der Waals surface area contributed by atoms with Crippen LogP contribution in [0.3, 0.4) is 0 Å². The molecular weight excluding hydrogens is 372 g/mol. The van der Waals surface area contributed by atoms with E-state index in [1.54, 1.807) is 0 Å². The molecule has 2 heterocycles. The normalized spacial score (nSPS) is 21.5. The predicted molar refractivity (Wildman–Crippen MR) is 127 cm³/mol. The predicted octanol–water partition coefficient (Wildman–Crippen LogP) is 2.40. The second-order valence-electron chi connectivity index (χ2n) is 8.59. The molecule has 6 heteroatoms. The maximum atomic E-state index is 4.94. The van der Waals surface area contributed by atoms with E-state index >= 15 is 0 Å².